The van der Waals surface area contributed by atoms with Crippen molar-refractivity contribution in [2.45, 2.75) is 33.7 Å². The van der Waals surface area contributed by atoms with E-state index in [1.807, 2.05) is 50.4 Å². The number of aromatic nitrogens is 2. The number of thiazole rings is 2. The van der Waals surface area contributed by atoms with Gasteiger partial charge in [0.25, 0.3) is 5.91 Å². The van der Waals surface area contributed by atoms with Crippen LogP contribution < -0.4 is 4.90 Å². The molecule has 162 valence electrons. The van der Waals surface area contributed by atoms with E-state index < -0.39 is 17.7 Å². The molecule has 32 heavy (non-hydrogen) atoms. The van der Waals surface area contributed by atoms with Gasteiger partial charge in [0.1, 0.15) is 6.04 Å². The second-order valence-electron chi connectivity index (χ2n) is 7.76. The van der Waals surface area contributed by atoms with Crippen molar-refractivity contribution in [3.63, 3.8) is 0 Å². The number of aryl methyl sites for hydroxylation is 4. The number of Topliss-reactive ketones (excluding diaryl/α,β-unsaturated/α-hetero) is 1. The molecule has 0 spiro atoms. The highest BCUT2D eigenvalue weighted by Crippen LogP contribution is 2.46. The summed E-state index contributed by atoms with van der Waals surface area (Å²) in [5.74, 6) is -1.50. The third kappa shape index (κ3) is 3.19. The summed E-state index contributed by atoms with van der Waals surface area (Å²) in [5, 5.41) is 14.0. The van der Waals surface area contributed by atoms with Gasteiger partial charge >= 0.3 is 0 Å². The van der Waals surface area contributed by atoms with E-state index in [1.165, 1.54) is 38.9 Å². The first kappa shape index (κ1) is 21.0. The quantitative estimate of drug-likeness (QED) is 0.371. The predicted molar refractivity (Wildman–Crippen MR) is 129 cm³/mol. The molecule has 1 amide bonds. The lowest BCUT2D eigenvalue weighted by Gasteiger charge is -2.22. The lowest BCUT2D eigenvalue weighted by molar-refractivity contribution is -0.117. The SMILES string of the molecule is Cc1cc(C)c2nc(N3C(=O)C(O)=C(C(=O)c4sc(C)nc4C)C3c3cccs3)sc2c1. The zero-order valence-corrected chi connectivity index (χ0v) is 20.2. The van der Waals surface area contributed by atoms with Gasteiger partial charge in [-0.05, 0) is 56.3 Å². The summed E-state index contributed by atoms with van der Waals surface area (Å²) >= 11 is 4.09. The van der Waals surface area contributed by atoms with E-state index in [4.69, 9.17) is 4.98 Å². The number of aliphatic hydroxyl groups excluding tert-OH is 1. The highest BCUT2D eigenvalue weighted by atomic mass is 32.1. The van der Waals surface area contributed by atoms with Gasteiger partial charge in [-0.1, -0.05) is 23.5 Å². The fraction of sp³-hybridized carbons (Fsp3) is 0.217. The number of carbonyl (C=O) groups excluding carboxylic acids is 2. The van der Waals surface area contributed by atoms with Crippen molar-refractivity contribution in [1.82, 2.24) is 9.97 Å². The molecule has 1 atom stereocenters. The first-order chi connectivity index (χ1) is 15.3. The van der Waals surface area contributed by atoms with E-state index >= 15 is 0 Å². The summed E-state index contributed by atoms with van der Waals surface area (Å²) in [4.78, 5) is 38.6. The second-order valence-corrected chi connectivity index (χ2v) is 10.9. The maximum Gasteiger partial charge on any atom is 0.296 e. The standard InChI is InChI=1S/C23H19N3O3S3/c1-10-8-11(2)17-15(9-10)32-23(25-17)26-18(14-6-5-7-30-14)16(20(28)22(26)29)19(27)21-12(3)24-13(4)31-21/h5-9,18,28H,1-4H3. The van der Waals surface area contributed by atoms with Crippen LogP contribution in [0.2, 0.25) is 0 Å². The third-order valence-electron chi connectivity index (χ3n) is 5.40. The number of hydrogen-bond donors (Lipinski definition) is 1. The lowest BCUT2D eigenvalue weighted by atomic mass is 10.0. The van der Waals surface area contributed by atoms with Crippen LogP contribution >= 0.6 is 34.0 Å². The minimum absolute atomic E-state index is 0.0800. The third-order valence-corrected chi connectivity index (χ3v) is 8.40. The van der Waals surface area contributed by atoms with Crippen molar-refractivity contribution < 1.29 is 14.7 Å². The van der Waals surface area contributed by atoms with Crippen LogP contribution in [0.5, 0.6) is 0 Å². The van der Waals surface area contributed by atoms with Crippen molar-refractivity contribution >= 4 is 61.0 Å². The Bertz CT molecular complexity index is 1430. The fourth-order valence-corrected chi connectivity index (χ4v) is 6.94. The molecule has 4 heterocycles. The van der Waals surface area contributed by atoms with Crippen molar-refractivity contribution in [2.24, 2.45) is 0 Å². The second kappa shape index (κ2) is 7.61. The summed E-state index contributed by atoms with van der Waals surface area (Å²) < 4.78 is 0.962. The summed E-state index contributed by atoms with van der Waals surface area (Å²) in [5.41, 5.74) is 3.63. The number of ketones is 1. The molecule has 9 heteroatoms. The van der Waals surface area contributed by atoms with Crippen LogP contribution in [0, 0.1) is 27.7 Å². The molecule has 0 bridgehead atoms. The Labute approximate surface area is 196 Å². The average molecular weight is 482 g/mol. The van der Waals surface area contributed by atoms with E-state index in [1.54, 1.807) is 6.92 Å². The van der Waals surface area contributed by atoms with Crippen LogP contribution in [0.1, 0.15) is 42.4 Å². The molecular weight excluding hydrogens is 462 g/mol. The molecule has 4 aromatic rings. The first-order valence-corrected chi connectivity index (χ1v) is 12.4. The molecule has 1 aliphatic rings. The zero-order chi connectivity index (χ0) is 22.7. The van der Waals surface area contributed by atoms with Crippen LogP contribution in [-0.4, -0.2) is 26.8 Å². The minimum atomic E-state index is -0.737. The van der Waals surface area contributed by atoms with Gasteiger partial charge in [0.2, 0.25) is 5.78 Å². The summed E-state index contributed by atoms with van der Waals surface area (Å²) in [7, 11) is 0. The highest BCUT2D eigenvalue weighted by Gasteiger charge is 2.47. The van der Waals surface area contributed by atoms with Crippen LogP contribution in [0.3, 0.4) is 0 Å². The summed E-state index contributed by atoms with van der Waals surface area (Å²) in [6, 6.07) is 7.09. The largest absolute Gasteiger partial charge is 0.503 e. The number of carbonyl (C=O) groups is 2. The molecule has 0 saturated heterocycles. The Balaban J connectivity index is 1.68. The first-order valence-electron chi connectivity index (χ1n) is 9.93. The Kier molecular flexibility index (Phi) is 4.99. The number of rotatable bonds is 4. The van der Waals surface area contributed by atoms with E-state index in [0.29, 0.717) is 15.7 Å². The molecule has 1 aliphatic heterocycles. The van der Waals surface area contributed by atoms with Crippen LogP contribution in [-0.2, 0) is 4.79 Å². The highest BCUT2D eigenvalue weighted by molar-refractivity contribution is 7.22. The van der Waals surface area contributed by atoms with Crippen molar-refractivity contribution in [1.29, 1.82) is 0 Å². The molecular formula is C23H19N3O3S3. The van der Waals surface area contributed by atoms with E-state index in [9.17, 15) is 14.7 Å². The topological polar surface area (TPSA) is 83.4 Å². The molecule has 1 unspecified atom stereocenters. The monoisotopic (exact) mass is 481 g/mol. The molecule has 0 radical (unpaired) electrons. The molecule has 3 aromatic heterocycles. The van der Waals surface area contributed by atoms with Crippen LogP contribution in [0.4, 0.5) is 5.13 Å². The number of fused-ring (bicyclic) bond motifs is 1. The van der Waals surface area contributed by atoms with Gasteiger partial charge in [-0.3, -0.25) is 14.5 Å². The number of amides is 1. The molecule has 0 fully saturated rings. The van der Waals surface area contributed by atoms with Crippen molar-refractivity contribution in [3.05, 3.63) is 72.6 Å². The Morgan fingerprint density at radius 3 is 2.56 bits per heavy atom. The Hall–Kier alpha value is -2.88. The Morgan fingerprint density at radius 1 is 1.12 bits per heavy atom. The maximum atomic E-state index is 13.6. The number of thiophene rings is 1. The van der Waals surface area contributed by atoms with E-state index in [0.717, 1.165) is 31.2 Å². The summed E-state index contributed by atoms with van der Waals surface area (Å²) in [6.45, 7) is 7.60. The molecule has 0 saturated carbocycles. The molecule has 0 aliphatic carbocycles. The van der Waals surface area contributed by atoms with Crippen LogP contribution in [0.15, 0.2) is 41.0 Å². The molecule has 1 aromatic carbocycles. The van der Waals surface area contributed by atoms with Gasteiger partial charge < -0.3 is 5.11 Å². The van der Waals surface area contributed by atoms with Crippen molar-refractivity contribution in [2.75, 3.05) is 4.90 Å². The average Bonchev–Trinajstić information content (AvgIpc) is 3.49. The normalized spacial score (nSPS) is 16.6. The Morgan fingerprint density at radius 2 is 1.91 bits per heavy atom. The smallest absolute Gasteiger partial charge is 0.296 e. The molecule has 5 rings (SSSR count). The molecule has 1 N–H and O–H groups in total. The fourth-order valence-electron chi connectivity index (χ4n) is 4.08. The van der Waals surface area contributed by atoms with E-state index in [2.05, 4.69) is 4.98 Å². The van der Waals surface area contributed by atoms with Gasteiger partial charge in [-0.25, -0.2) is 9.97 Å². The minimum Gasteiger partial charge on any atom is -0.503 e. The number of aliphatic hydroxyl groups is 1. The van der Waals surface area contributed by atoms with Crippen molar-refractivity contribution in [3.8, 4) is 0 Å². The van der Waals surface area contributed by atoms with E-state index in [-0.39, 0.29) is 11.4 Å². The van der Waals surface area contributed by atoms with Gasteiger partial charge in [0.05, 0.1) is 31.4 Å². The molecule has 6 nitrogen and oxygen atoms in total. The van der Waals surface area contributed by atoms with Gasteiger partial charge in [0, 0.05) is 4.88 Å². The number of hydrogen-bond acceptors (Lipinski definition) is 8. The van der Waals surface area contributed by atoms with Gasteiger partial charge in [-0.15, -0.1) is 22.7 Å². The number of anilines is 1. The summed E-state index contributed by atoms with van der Waals surface area (Å²) in [6.07, 6.45) is 0. The maximum absolute atomic E-state index is 13.6. The number of benzene rings is 1. The zero-order valence-electron chi connectivity index (χ0n) is 17.8. The van der Waals surface area contributed by atoms with Crippen LogP contribution in [0.25, 0.3) is 10.2 Å². The van der Waals surface area contributed by atoms with Gasteiger partial charge in [0.15, 0.2) is 10.9 Å². The number of nitrogens with zero attached hydrogens (tertiary/aromatic N) is 3. The lowest BCUT2D eigenvalue weighted by Crippen LogP contribution is -2.30. The predicted octanol–water partition coefficient (Wildman–Crippen LogP) is 5.83. The van der Waals surface area contributed by atoms with Gasteiger partial charge in [-0.2, -0.15) is 0 Å².